The highest BCUT2D eigenvalue weighted by Crippen LogP contribution is 2.41. The van der Waals surface area contributed by atoms with E-state index in [-0.39, 0.29) is 22.9 Å². The zero-order valence-corrected chi connectivity index (χ0v) is 25.1. The van der Waals surface area contributed by atoms with Gasteiger partial charge in [0.2, 0.25) is 0 Å². The van der Waals surface area contributed by atoms with Crippen molar-refractivity contribution in [3.8, 4) is 6.01 Å². The molecule has 0 saturated carbocycles. The van der Waals surface area contributed by atoms with E-state index in [0.29, 0.717) is 29.8 Å². The van der Waals surface area contributed by atoms with Gasteiger partial charge in [-0.15, -0.1) is 0 Å². The lowest BCUT2D eigenvalue weighted by atomic mass is 9.95. The average molecular weight is 620 g/mol. The molecule has 7 nitrogen and oxygen atoms in total. The summed E-state index contributed by atoms with van der Waals surface area (Å²) < 4.78 is 24.1. The minimum atomic E-state index is -0.520. The summed E-state index contributed by atoms with van der Waals surface area (Å²) >= 11 is 3.66. The van der Waals surface area contributed by atoms with Crippen LogP contribution in [0.4, 0.5) is 10.2 Å². The first kappa shape index (κ1) is 27.0. The van der Waals surface area contributed by atoms with Gasteiger partial charge in [-0.3, -0.25) is 9.89 Å². The maximum atomic E-state index is 16.8. The molecule has 0 radical (unpaired) electrons. The molecule has 4 saturated heterocycles. The number of hydrogen-bond acceptors (Lipinski definition) is 7. The Bertz CT molecular complexity index is 1510. The van der Waals surface area contributed by atoms with E-state index in [0.717, 1.165) is 72.9 Å². The fraction of sp³-hybridized carbons (Fsp3) is 0.469. The fourth-order valence-electron chi connectivity index (χ4n) is 7.58. The van der Waals surface area contributed by atoms with Crippen LogP contribution in [0.5, 0.6) is 6.01 Å². The highest BCUT2D eigenvalue weighted by Gasteiger charge is 2.45. The van der Waals surface area contributed by atoms with Gasteiger partial charge in [0.25, 0.3) is 0 Å². The number of piperazine rings is 1. The van der Waals surface area contributed by atoms with Gasteiger partial charge in [-0.05, 0) is 76.7 Å². The van der Waals surface area contributed by atoms with Crippen molar-refractivity contribution >= 4 is 50.8 Å². The Morgan fingerprint density at radius 2 is 1.83 bits per heavy atom. The molecule has 7 rings (SSSR count). The predicted molar refractivity (Wildman–Crippen MR) is 166 cm³/mol. The minimum absolute atomic E-state index is 0.0418. The molecule has 2 aromatic carbocycles. The first-order chi connectivity index (χ1) is 20.0. The molecule has 214 valence electrons. The van der Waals surface area contributed by atoms with E-state index in [1.807, 2.05) is 43.3 Å². The first-order valence-corrected chi connectivity index (χ1v) is 15.6. The zero-order chi connectivity index (χ0) is 28.1. The Morgan fingerprint density at radius 3 is 2.54 bits per heavy atom. The molecule has 9 heteroatoms. The van der Waals surface area contributed by atoms with Crippen molar-refractivity contribution in [3.63, 3.8) is 0 Å². The zero-order valence-electron chi connectivity index (χ0n) is 23.5. The third-order valence-electron chi connectivity index (χ3n) is 9.58. The minimum Gasteiger partial charge on any atom is -0.461 e. The number of hydrogen-bond donors (Lipinski definition) is 1. The monoisotopic (exact) mass is 618 g/mol. The van der Waals surface area contributed by atoms with Crippen LogP contribution in [0.3, 0.4) is 0 Å². The van der Waals surface area contributed by atoms with Crippen molar-refractivity contribution in [1.29, 1.82) is 0 Å². The van der Waals surface area contributed by atoms with E-state index < -0.39 is 5.83 Å². The van der Waals surface area contributed by atoms with Gasteiger partial charge in [-0.2, -0.15) is 9.97 Å². The number of aliphatic imine (C=N–C) groups is 1. The van der Waals surface area contributed by atoms with Gasteiger partial charge in [-0.1, -0.05) is 46.3 Å². The number of ether oxygens (including phenoxy) is 1. The van der Waals surface area contributed by atoms with Crippen LogP contribution in [-0.4, -0.2) is 72.0 Å². The molecular formula is C32H36BrFN6O. The quantitative estimate of drug-likeness (QED) is 0.321. The van der Waals surface area contributed by atoms with Crippen molar-refractivity contribution in [3.05, 3.63) is 57.7 Å². The molecule has 1 N–H and O–H groups in total. The van der Waals surface area contributed by atoms with Crippen LogP contribution < -0.4 is 15.0 Å². The van der Waals surface area contributed by atoms with Gasteiger partial charge in [0.05, 0.1) is 5.54 Å². The molecule has 2 bridgehead atoms. The van der Waals surface area contributed by atoms with Crippen molar-refractivity contribution in [2.24, 2.45) is 4.99 Å². The third-order valence-corrected chi connectivity index (χ3v) is 10.2. The summed E-state index contributed by atoms with van der Waals surface area (Å²) in [5.74, 6) is 0.224. The van der Waals surface area contributed by atoms with E-state index in [1.54, 1.807) is 0 Å². The Morgan fingerprint density at radius 1 is 1.12 bits per heavy atom. The molecule has 4 aliphatic rings. The summed E-state index contributed by atoms with van der Waals surface area (Å²) in [6.45, 7) is 10.1. The van der Waals surface area contributed by atoms with Crippen LogP contribution >= 0.6 is 15.9 Å². The first-order valence-electron chi connectivity index (χ1n) is 14.8. The second-order valence-electron chi connectivity index (χ2n) is 12.0. The lowest BCUT2D eigenvalue weighted by Crippen LogP contribution is -2.51. The van der Waals surface area contributed by atoms with E-state index in [1.165, 1.54) is 12.8 Å². The number of anilines is 1. The topological polar surface area (TPSA) is 65.9 Å². The van der Waals surface area contributed by atoms with Crippen molar-refractivity contribution in [2.75, 3.05) is 37.7 Å². The molecule has 0 spiro atoms. The van der Waals surface area contributed by atoms with Crippen LogP contribution in [0.15, 0.2) is 45.9 Å². The van der Waals surface area contributed by atoms with Crippen LogP contribution in [0.25, 0.3) is 22.3 Å². The van der Waals surface area contributed by atoms with E-state index in [9.17, 15) is 0 Å². The van der Waals surface area contributed by atoms with Gasteiger partial charge in [0.15, 0.2) is 5.83 Å². The van der Waals surface area contributed by atoms with Gasteiger partial charge >= 0.3 is 6.01 Å². The van der Waals surface area contributed by atoms with E-state index in [2.05, 4.69) is 42.8 Å². The van der Waals surface area contributed by atoms with Crippen molar-refractivity contribution < 1.29 is 9.13 Å². The lowest BCUT2D eigenvalue weighted by molar-refractivity contribution is 0.107. The van der Waals surface area contributed by atoms with Crippen molar-refractivity contribution in [1.82, 2.24) is 20.2 Å². The number of halogens is 2. The standard InChI is InChI=1S/C32H36BrFN6O/c1-20-28(27(34)29(35-2)24-9-3-7-21-8-4-10-25(33)26(21)24)37-31(41-19-32-13-5-15-40(32)16-6-14-32)38-30(20)39-17-22-11-12-23(18-39)36-22/h3-4,7-10,22-23,36H,2,5-6,11-19H2,1H3/b29-27+. The van der Waals surface area contributed by atoms with Crippen LogP contribution in [-0.2, 0) is 0 Å². The molecule has 5 heterocycles. The van der Waals surface area contributed by atoms with E-state index in [4.69, 9.17) is 14.7 Å². The molecule has 0 amide bonds. The molecule has 41 heavy (non-hydrogen) atoms. The maximum absolute atomic E-state index is 16.8. The fourth-order valence-corrected chi connectivity index (χ4v) is 8.17. The maximum Gasteiger partial charge on any atom is 0.319 e. The number of nitrogens with zero attached hydrogens (tertiary/aromatic N) is 5. The molecule has 3 aromatic rings. The summed E-state index contributed by atoms with van der Waals surface area (Å²) in [7, 11) is 0. The SMILES string of the molecule is C=N/C(=C(/F)c1nc(OCC23CCCN2CCC3)nc(N2CC3CCC(C2)N3)c1C)c1cccc2cccc(Br)c12. The summed E-state index contributed by atoms with van der Waals surface area (Å²) in [5.41, 5.74) is 1.78. The normalized spacial score (nSPS) is 24.0. The number of benzene rings is 2. The summed E-state index contributed by atoms with van der Waals surface area (Å²) in [6, 6.07) is 12.8. The third kappa shape index (κ3) is 4.76. The Kier molecular flexibility index (Phi) is 7.07. The van der Waals surface area contributed by atoms with Crippen LogP contribution in [0.2, 0.25) is 0 Å². The second kappa shape index (κ2) is 10.7. The Balaban J connectivity index is 1.33. The van der Waals surface area contributed by atoms with Gasteiger partial charge in [0, 0.05) is 46.2 Å². The Hall–Kier alpha value is -2.88. The smallest absolute Gasteiger partial charge is 0.319 e. The number of nitrogens with one attached hydrogen (secondary N) is 1. The molecule has 4 aliphatic heterocycles. The molecular weight excluding hydrogens is 583 g/mol. The predicted octanol–water partition coefficient (Wildman–Crippen LogP) is 6.14. The molecule has 4 fully saturated rings. The summed E-state index contributed by atoms with van der Waals surface area (Å²) in [6.07, 6.45) is 6.90. The number of rotatable bonds is 7. The summed E-state index contributed by atoms with van der Waals surface area (Å²) in [4.78, 5) is 18.7. The second-order valence-corrected chi connectivity index (χ2v) is 12.9. The Labute approximate surface area is 249 Å². The molecule has 2 unspecified atom stereocenters. The largest absolute Gasteiger partial charge is 0.461 e. The molecule has 2 atom stereocenters. The van der Waals surface area contributed by atoms with Gasteiger partial charge in [0.1, 0.15) is 23.8 Å². The number of fused-ring (bicyclic) bond motifs is 4. The summed E-state index contributed by atoms with van der Waals surface area (Å²) in [5, 5.41) is 5.56. The van der Waals surface area contributed by atoms with Crippen molar-refractivity contribution in [2.45, 2.75) is 63.1 Å². The van der Waals surface area contributed by atoms with Gasteiger partial charge < -0.3 is 15.0 Å². The highest BCUT2D eigenvalue weighted by molar-refractivity contribution is 9.10. The van der Waals surface area contributed by atoms with Crippen LogP contribution in [0, 0.1) is 6.92 Å². The lowest BCUT2D eigenvalue weighted by Gasteiger charge is -2.35. The van der Waals surface area contributed by atoms with E-state index >= 15 is 4.39 Å². The molecule has 1 aromatic heterocycles. The highest BCUT2D eigenvalue weighted by atomic mass is 79.9. The average Bonchev–Trinajstić information content (AvgIpc) is 3.66. The number of aromatic nitrogens is 2. The van der Waals surface area contributed by atoms with Crippen LogP contribution in [0.1, 0.15) is 55.3 Å². The molecule has 0 aliphatic carbocycles. The van der Waals surface area contributed by atoms with Gasteiger partial charge in [-0.25, -0.2) is 4.39 Å².